The van der Waals surface area contributed by atoms with E-state index < -0.39 is 0 Å². The molecule has 17 heavy (non-hydrogen) atoms. The number of halogens is 1. The summed E-state index contributed by atoms with van der Waals surface area (Å²) in [7, 11) is 1.98. The molecule has 0 heterocycles. The van der Waals surface area contributed by atoms with Gasteiger partial charge in [0.2, 0.25) is 0 Å². The molecule has 0 aliphatic carbocycles. The molecule has 1 aromatic rings. The van der Waals surface area contributed by atoms with Crippen LogP contribution in [0.1, 0.15) is 19.4 Å². The van der Waals surface area contributed by atoms with E-state index >= 15 is 0 Å². The minimum absolute atomic E-state index is 0.0337. The van der Waals surface area contributed by atoms with E-state index in [0.717, 1.165) is 12.2 Å². The van der Waals surface area contributed by atoms with Crippen molar-refractivity contribution in [2.75, 3.05) is 25.0 Å². The molecule has 1 aromatic carbocycles. The van der Waals surface area contributed by atoms with Crippen molar-refractivity contribution in [1.82, 2.24) is 0 Å². The molecule has 0 fully saturated rings. The summed E-state index contributed by atoms with van der Waals surface area (Å²) in [6, 6.07) is 7.39. The molecule has 0 saturated heterocycles. The summed E-state index contributed by atoms with van der Waals surface area (Å²) in [5.41, 5.74) is 7.24. The molecular formula is C13H18ClN3. The molecule has 1 rings (SSSR count). The molecule has 0 amide bonds. The first-order valence-electron chi connectivity index (χ1n) is 5.50. The van der Waals surface area contributed by atoms with E-state index in [1.54, 1.807) is 12.1 Å². The van der Waals surface area contributed by atoms with Gasteiger partial charge in [0.15, 0.2) is 0 Å². The number of nitrogens with zero attached hydrogens (tertiary/aromatic N) is 2. The molecule has 0 saturated carbocycles. The summed E-state index contributed by atoms with van der Waals surface area (Å²) < 4.78 is 0. The maximum Gasteiger partial charge on any atom is 0.0992 e. The van der Waals surface area contributed by atoms with Gasteiger partial charge >= 0.3 is 0 Å². The highest BCUT2D eigenvalue weighted by molar-refractivity contribution is 6.33. The Bertz CT molecular complexity index is 435. The molecule has 0 aliphatic rings. The predicted octanol–water partition coefficient (Wildman–Crippen LogP) is 2.63. The van der Waals surface area contributed by atoms with Crippen LogP contribution in [0.4, 0.5) is 5.69 Å². The highest BCUT2D eigenvalue weighted by Gasteiger charge is 2.19. The molecule has 0 radical (unpaired) electrons. The van der Waals surface area contributed by atoms with Gasteiger partial charge in [-0.15, -0.1) is 0 Å². The van der Waals surface area contributed by atoms with E-state index in [1.807, 2.05) is 13.1 Å². The first kappa shape index (κ1) is 13.8. The molecular weight excluding hydrogens is 234 g/mol. The zero-order valence-corrected chi connectivity index (χ0v) is 11.3. The fourth-order valence-corrected chi connectivity index (χ4v) is 2.00. The Balaban J connectivity index is 2.90. The Morgan fingerprint density at radius 1 is 1.47 bits per heavy atom. The van der Waals surface area contributed by atoms with Crippen molar-refractivity contribution in [3.8, 4) is 6.07 Å². The van der Waals surface area contributed by atoms with E-state index in [4.69, 9.17) is 22.6 Å². The van der Waals surface area contributed by atoms with Crippen molar-refractivity contribution < 1.29 is 0 Å². The Morgan fingerprint density at radius 3 is 2.59 bits per heavy atom. The lowest BCUT2D eigenvalue weighted by molar-refractivity contribution is 0.385. The number of hydrogen-bond acceptors (Lipinski definition) is 3. The van der Waals surface area contributed by atoms with Crippen molar-refractivity contribution in [3.05, 3.63) is 28.8 Å². The van der Waals surface area contributed by atoms with Gasteiger partial charge in [-0.05, 0) is 30.2 Å². The molecule has 0 aliphatic heterocycles. The molecule has 3 nitrogen and oxygen atoms in total. The number of anilines is 1. The average molecular weight is 252 g/mol. The Kier molecular flexibility index (Phi) is 4.39. The molecule has 2 N–H and O–H groups in total. The molecule has 92 valence electrons. The second-order valence-electron chi connectivity index (χ2n) is 5.00. The third kappa shape index (κ3) is 3.62. The molecule has 0 atom stereocenters. The third-order valence-corrected chi connectivity index (χ3v) is 3.01. The van der Waals surface area contributed by atoms with Crippen LogP contribution in [-0.2, 0) is 0 Å². The topological polar surface area (TPSA) is 53.0 Å². The monoisotopic (exact) mass is 251 g/mol. The van der Waals surface area contributed by atoms with E-state index in [0.29, 0.717) is 17.1 Å². The van der Waals surface area contributed by atoms with Gasteiger partial charge in [-0.25, -0.2) is 0 Å². The molecule has 0 unspecified atom stereocenters. The van der Waals surface area contributed by atoms with Crippen LogP contribution in [0, 0.1) is 16.7 Å². The maximum absolute atomic E-state index is 8.78. The Labute approximate surface area is 108 Å². The van der Waals surface area contributed by atoms with E-state index in [9.17, 15) is 0 Å². The predicted molar refractivity (Wildman–Crippen MR) is 72.3 cm³/mol. The molecule has 4 heteroatoms. The first-order valence-corrected chi connectivity index (χ1v) is 5.88. The molecule has 0 spiro atoms. The van der Waals surface area contributed by atoms with Gasteiger partial charge in [0.25, 0.3) is 0 Å². The second kappa shape index (κ2) is 5.39. The van der Waals surface area contributed by atoms with Gasteiger partial charge in [-0.3, -0.25) is 0 Å². The smallest absolute Gasteiger partial charge is 0.0992 e. The van der Waals surface area contributed by atoms with Crippen LogP contribution >= 0.6 is 11.6 Å². The van der Waals surface area contributed by atoms with Crippen LogP contribution in [0.2, 0.25) is 5.02 Å². The highest BCUT2D eigenvalue weighted by atomic mass is 35.5. The van der Waals surface area contributed by atoms with Crippen molar-refractivity contribution in [2.24, 2.45) is 11.1 Å². The van der Waals surface area contributed by atoms with Gasteiger partial charge in [-0.2, -0.15) is 5.26 Å². The van der Waals surface area contributed by atoms with Crippen LogP contribution in [-0.4, -0.2) is 20.1 Å². The van der Waals surface area contributed by atoms with E-state index in [2.05, 4.69) is 24.8 Å². The second-order valence-corrected chi connectivity index (χ2v) is 5.41. The molecule has 0 bridgehead atoms. The van der Waals surface area contributed by atoms with E-state index in [-0.39, 0.29) is 5.41 Å². The van der Waals surface area contributed by atoms with E-state index in [1.165, 1.54) is 0 Å². The third-order valence-electron chi connectivity index (χ3n) is 2.71. The normalized spacial score (nSPS) is 11.1. The number of nitriles is 1. The fraction of sp³-hybridized carbons (Fsp3) is 0.462. The van der Waals surface area contributed by atoms with Gasteiger partial charge in [-0.1, -0.05) is 25.4 Å². The Hall–Kier alpha value is -1.24. The van der Waals surface area contributed by atoms with Gasteiger partial charge in [0.05, 0.1) is 22.3 Å². The van der Waals surface area contributed by atoms with Crippen molar-refractivity contribution in [1.29, 1.82) is 5.26 Å². The van der Waals surface area contributed by atoms with Crippen LogP contribution < -0.4 is 10.6 Å². The summed E-state index contributed by atoms with van der Waals surface area (Å²) in [6.07, 6.45) is 0. The lowest BCUT2D eigenvalue weighted by atomic mass is 9.93. The van der Waals surface area contributed by atoms with Crippen molar-refractivity contribution >= 4 is 17.3 Å². The standard InChI is InChI=1S/C13H18ClN3/c1-13(2,8-16)9-17(3)12-5-4-10(7-15)6-11(12)14/h4-6H,8-9,16H2,1-3H3. The zero-order valence-electron chi connectivity index (χ0n) is 10.5. The highest BCUT2D eigenvalue weighted by Crippen LogP contribution is 2.28. The minimum atomic E-state index is 0.0337. The number of benzene rings is 1. The summed E-state index contributed by atoms with van der Waals surface area (Å²) >= 11 is 6.15. The Morgan fingerprint density at radius 2 is 2.12 bits per heavy atom. The van der Waals surface area contributed by atoms with Crippen LogP contribution in [0.5, 0.6) is 0 Å². The summed E-state index contributed by atoms with van der Waals surface area (Å²) in [6.45, 7) is 5.66. The minimum Gasteiger partial charge on any atom is -0.373 e. The lowest BCUT2D eigenvalue weighted by Crippen LogP contribution is -2.36. The summed E-state index contributed by atoms with van der Waals surface area (Å²) in [4.78, 5) is 2.07. The van der Waals surface area contributed by atoms with Gasteiger partial charge in [0.1, 0.15) is 0 Å². The summed E-state index contributed by atoms with van der Waals surface area (Å²) in [5.74, 6) is 0. The lowest BCUT2D eigenvalue weighted by Gasteiger charge is -2.31. The van der Waals surface area contributed by atoms with Crippen LogP contribution in [0.15, 0.2) is 18.2 Å². The first-order chi connectivity index (χ1) is 7.89. The zero-order chi connectivity index (χ0) is 13.1. The van der Waals surface area contributed by atoms with Crippen LogP contribution in [0.25, 0.3) is 0 Å². The summed E-state index contributed by atoms with van der Waals surface area (Å²) in [5, 5.41) is 9.37. The van der Waals surface area contributed by atoms with Crippen molar-refractivity contribution in [3.63, 3.8) is 0 Å². The number of nitrogens with two attached hydrogens (primary N) is 1. The quantitative estimate of drug-likeness (QED) is 0.895. The van der Waals surface area contributed by atoms with Crippen LogP contribution in [0.3, 0.4) is 0 Å². The SMILES string of the molecule is CN(CC(C)(C)CN)c1ccc(C#N)cc1Cl. The van der Waals surface area contributed by atoms with Gasteiger partial charge in [0, 0.05) is 13.6 Å². The number of hydrogen-bond donors (Lipinski definition) is 1. The average Bonchev–Trinajstić information content (AvgIpc) is 2.28. The number of rotatable bonds is 4. The molecule has 0 aromatic heterocycles. The van der Waals surface area contributed by atoms with Gasteiger partial charge < -0.3 is 10.6 Å². The maximum atomic E-state index is 8.78. The van der Waals surface area contributed by atoms with Crippen molar-refractivity contribution in [2.45, 2.75) is 13.8 Å². The largest absolute Gasteiger partial charge is 0.373 e. The fourth-order valence-electron chi connectivity index (χ4n) is 1.68.